The van der Waals surface area contributed by atoms with E-state index >= 15 is 0 Å². The molecule has 0 radical (unpaired) electrons. The zero-order valence-electron chi connectivity index (χ0n) is 12.9. The molecule has 0 fully saturated rings. The number of hydrogen-bond acceptors (Lipinski definition) is 3. The Hall–Kier alpha value is -3.02. The second-order valence-electron chi connectivity index (χ2n) is 4.98. The summed E-state index contributed by atoms with van der Waals surface area (Å²) in [6, 6.07) is 13.9. The second kappa shape index (κ2) is 7.31. The van der Waals surface area contributed by atoms with E-state index in [2.05, 4.69) is 32.9 Å². The molecule has 2 N–H and O–H groups in total. The van der Waals surface area contributed by atoms with Gasteiger partial charge in [0.25, 0.3) is 0 Å². The Kier molecular flexibility index (Phi) is 4.73. The van der Waals surface area contributed by atoms with Gasteiger partial charge in [0.1, 0.15) is 5.76 Å². The van der Waals surface area contributed by atoms with Crippen molar-refractivity contribution in [2.75, 3.05) is 7.05 Å². The lowest BCUT2D eigenvalue weighted by molar-refractivity contribution is 0.501. The lowest BCUT2D eigenvalue weighted by atomic mass is 10.2. The van der Waals surface area contributed by atoms with Crippen LogP contribution in [-0.2, 0) is 13.1 Å². The summed E-state index contributed by atoms with van der Waals surface area (Å²) in [5.41, 5.74) is 2.19. The van der Waals surface area contributed by atoms with E-state index in [1.807, 2.05) is 41.2 Å². The van der Waals surface area contributed by atoms with Crippen LogP contribution in [-0.4, -0.2) is 22.8 Å². The molecule has 0 unspecified atom stereocenters. The van der Waals surface area contributed by atoms with Gasteiger partial charge in [0.15, 0.2) is 5.96 Å². The van der Waals surface area contributed by atoms with Gasteiger partial charge in [-0.3, -0.25) is 4.99 Å². The molecular weight excluding hydrogens is 290 g/mol. The van der Waals surface area contributed by atoms with Crippen LogP contribution in [0.15, 0.2) is 70.5 Å². The summed E-state index contributed by atoms with van der Waals surface area (Å²) in [7, 11) is 1.75. The van der Waals surface area contributed by atoms with Crippen molar-refractivity contribution >= 4 is 5.96 Å². The van der Waals surface area contributed by atoms with Crippen LogP contribution in [0.25, 0.3) is 5.69 Å². The Balaban J connectivity index is 1.57. The minimum Gasteiger partial charge on any atom is -0.467 e. The highest BCUT2D eigenvalue weighted by Crippen LogP contribution is 2.09. The average Bonchev–Trinajstić information content (AvgIpc) is 3.29. The first-order valence-corrected chi connectivity index (χ1v) is 7.41. The standard InChI is InChI=1S/C17H19N5O/c1-18-17(20-13-16-7-3-10-23-16)19-12-14-5-2-6-15(11-14)22-9-4-8-21-22/h2-11H,12-13H2,1H3,(H2,18,19,20). The van der Waals surface area contributed by atoms with Gasteiger partial charge in [-0.25, -0.2) is 4.68 Å². The number of aromatic nitrogens is 2. The van der Waals surface area contributed by atoms with Crippen LogP contribution in [0.3, 0.4) is 0 Å². The molecule has 6 heteroatoms. The molecule has 0 amide bonds. The first-order valence-electron chi connectivity index (χ1n) is 7.41. The van der Waals surface area contributed by atoms with E-state index in [1.54, 1.807) is 19.5 Å². The molecule has 118 valence electrons. The molecule has 1 aromatic carbocycles. The predicted molar refractivity (Wildman–Crippen MR) is 89.3 cm³/mol. The van der Waals surface area contributed by atoms with Crippen LogP contribution in [0.5, 0.6) is 0 Å². The van der Waals surface area contributed by atoms with Gasteiger partial charge in [-0.15, -0.1) is 0 Å². The minimum absolute atomic E-state index is 0.597. The summed E-state index contributed by atoms with van der Waals surface area (Å²) in [5, 5.41) is 10.7. The molecule has 0 aliphatic heterocycles. The van der Waals surface area contributed by atoms with Crippen LogP contribution < -0.4 is 10.6 Å². The van der Waals surface area contributed by atoms with E-state index in [0.29, 0.717) is 13.1 Å². The minimum atomic E-state index is 0.597. The average molecular weight is 309 g/mol. The SMILES string of the molecule is CN=C(NCc1cccc(-n2cccn2)c1)NCc1ccco1. The smallest absolute Gasteiger partial charge is 0.191 e. The maximum Gasteiger partial charge on any atom is 0.191 e. The maximum absolute atomic E-state index is 5.29. The molecule has 0 spiro atoms. The van der Waals surface area contributed by atoms with E-state index < -0.39 is 0 Å². The first kappa shape index (κ1) is 14.9. The normalized spacial score (nSPS) is 11.4. The van der Waals surface area contributed by atoms with Crippen LogP contribution >= 0.6 is 0 Å². The van der Waals surface area contributed by atoms with Gasteiger partial charge >= 0.3 is 0 Å². The van der Waals surface area contributed by atoms with Gasteiger partial charge in [0, 0.05) is 26.0 Å². The van der Waals surface area contributed by atoms with Crippen molar-refractivity contribution in [1.82, 2.24) is 20.4 Å². The molecule has 6 nitrogen and oxygen atoms in total. The van der Waals surface area contributed by atoms with Crippen molar-refractivity contribution in [3.8, 4) is 5.69 Å². The summed E-state index contributed by atoms with van der Waals surface area (Å²) in [4.78, 5) is 4.21. The monoisotopic (exact) mass is 309 g/mol. The van der Waals surface area contributed by atoms with E-state index in [0.717, 1.165) is 23.0 Å². The fourth-order valence-electron chi connectivity index (χ4n) is 2.22. The van der Waals surface area contributed by atoms with Gasteiger partial charge in [-0.1, -0.05) is 12.1 Å². The van der Waals surface area contributed by atoms with Gasteiger partial charge < -0.3 is 15.1 Å². The Morgan fingerprint density at radius 3 is 2.83 bits per heavy atom. The van der Waals surface area contributed by atoms with Gasteiger partial charge in [-0.2, -0.15) is 5.10 Å². The van der Waals surface area contributed by atoms with Gasteiger partial charge in [0.05, 0.1) is 18.5 Å². The largest absolute Gasteiger partial charge is 0.467 e. The van der Waals surface area contributed by atoms with Crippen LogP contribution in [0.1, 0.15) is 11.3 Å². The van der Waals surface area contributed by atoms with Crippen molar-refractivity contribution in [3.63, 3.8) is 0 Å². The predicted octanol–water partition coefficient (Wildman–Crippen LogP) is 2.33. The van der Waals surface area contributed by atoms with Crippen molar-refractivity contribution in [1.29, 1.82) is 0 Å². The van der Waals surface area contributed by atoms with E-state index in [-0.39, 0.29) is 0 Å². The van der Waals surface area contributed by atoms with Crippen molar-refractivity contribution in [2.24, 2.45) is 4.99 Å². The lowest BCUT2D eigenvalue weighted by Gasteiger charge is -2.11. The number of guanidine groups is 1. The number of nitrogens with one attached hydrogen (secondary N) is 2. The Bertz CT molecular complexity index is 747. The number of aliphatic imine (C=N–C) groups is 1. The third-order valence-corrected chi connectivity index (χ3v) is 3.37. The zero-order chi connectivity index (χ0) is 15.9. The quantitative estimate of drug-likeness (QED) is 0.561. The number of hydrogen-bond donors (Lipinski definition) is 2. The van der Waals surface area contributed by atoms with Crippen molar-refractivity contribution < 1.29 is 4.42 Å². The summed E-state index contributed by atoms with van der Waals surface area (Å²) < 4.78 is 7.13. The molecule has 3 aromatic rings. The summed E-state index contributed by atoms with van der Waals surface area (Å²) >= 11 is 0. The van der Waals surface area contributed by atoms with Gasteiger partial charge in [0.2, 0.25) is 0 Å². The highest BCUT2D eigenvalue weighted by atomic mass is 16.3. The Labute approximate surface area is 134 Å². The molecule has 3 rings (SSSR count). The van der Waals surface area contributed by atoms with Crippen LogP contribution in [0.4, 0.5) is 0 Å². The molecule has 0 saturated heterocycles. The molecule has 0 atom stereocenters. The topological polar surface area (TPSA) is 67.4 Å². The molecule has 0 aliphatic rings. The van der Waals surface area contributed by atoms with Crippen LogP contribution in [0.2, 0.25) is 0 Å². The molecule has 0 saturated carbocycles. The second-order valence-corrected chi connectivity index (χ2v) is 4.98. The molecule has 2 aromatic heterocycles. The summed E-state index contributed by atoms with van der Waals surface area (Å²) in [6.07, 6.45) is 5.36. The summed E-state index contributed by atoms with van der Waals surface area (Å²) in [5.74, 6) is 1.60. The van der Waals surface area contributed by atoms with Gasteiger partial charge in [-0.05, 0) is 35.9 Å². The Morgan fingerprint density at radius 2 is 2.09 bits per heavy atom. The molecule has 2 heterocycles. The first-order chi connectivity index (χ1) is 11.3. The maximum atomic E-state index is 5.29. The van der Waals surface area contributed by atoms with E-state index in [9.17, 15) is 0 Å². The lowest BCUT2D eigenvalue weighted by Crippen LogP contribution is -2.36. The fraction of sp³-hybridized carbons (Fsp3) is 0.176. The fourth-order valence-corrected chi connectivity index (χ4v) is 2.22. The number of furan rings is 1. The molecular formula is C17H19N5O. The third kappa shape index (κ3) is 4.00. The zero-order valence-corrected chi connectivity index (χ0v) is 12.9. The van der Waals surface area contributed by atoms with Crippen molar-refractivity contribution in [3.05, 3.63) is 72.4 Å². The number of nitrogens with zero attached hydrogens (tertiary/aromatic N) is 3. The highest BCUT2D eigenvalue weighted by molar-refractivity contribution is 5.79. The van der Waals surface area contributed by atoms with Crippen LogP contribution in [0, 0.1) is 0 Å². The molecule has 0 aliphatic carbocycles. The van der Waals surface area contributed by atoms with E-state index in [1.165, 1.54) is 0 Å². The number of benzene rings is 1. The van der Waals surface area contributed by atoms with Crippen molar-refractivity contribution in [2.45, 2.75) is 13.1 Å². The van der Waals surface area contributed by atoms with E-state index in [4.69, 9.17) is 4.42 Å². The molecule has 0 bridgehead atoms. The third-order valence-electron chi connectivity index (χ3n) is 3.37. The molecule has 23 heavy (non-hydrogen) atoms. The highest BCUT2D eigenvalue weighted by Gasteiger charge is 2.02. The number of rotatable bonds is 5. The Morgan fingerprint density at radius 1 is 1.17 bits per heavy atom. The summed E-state index contributed by atoms with van der Waals surface area (Å²) in [6.45, 7) is 1.27.